The van der Waals surface area contributed by atoms with E-state index in [1.807, 2.05) is 17.8 Å². The minimum atomic E-state index is -0.673. The van der Waals surface area contributed by atoms with Crippen LogP contribution in [0.3, 0.4) is 0 Å². The van der Waals surface area contributed by atoms with Crippen molar-refractivity contribution in [1.29, 1.82) is 0 Å². The highest BCUT2D eigenvalue weighted by molar-refractivity contribution is 5.74. The first-order valence-electron chi connectivity index (χ1n) is 7.57. The van der Waals surface area contributed by atoms with Crippen molar-refractivity contribution in [3.63, 3.8) is 0 Å². The molecule has 0 radical (unpaired) electrons. The van der Waals surface area contributed by atoms with Gasteiger partial charge >= 0.3 is 5.97 Å². The Kier molecular flexibility index (Phi) is 3.54. The van der Waals surface area contributed by atoms with Gasteiger partial charge in [0.05, 0.1) is 11.7 Å². The van der Waals surface area contributed by atoms with Gasteiger partial charge < -0.3 is 5.11 Å². The molecule has 110 valence electrons. The molecule has 1 aliphatic heterocycles. The lowest BCUT2D eigenvalue weighted by molar-refractivity contribution is -0.143. The molecular weight excluding hydrogens is 254 g/mol. The van der Waals surface area contributed by atoms with Crippen molar-refractivity contribution >= 4 is 5.97 Å². The molecule has 0 amide bonds. The van der Waals surface area contributed by atoms with Crippen molar-refractivity contribution in [3.05, 3.63) is 18.0 Å². The quantitative estimate of drug-likeness (QED) is 0.920. The van der Waals surface area contributed by atoms with Gasteiger partial charge in [-0.25, -0.2) is 0 Å². The minimum absolute atomic E-state index is 0.108. The molecule has 5 heteroatoms. The van der Waals surface area contributed by atoms with E-state index in [0.29, 0.717) is 12.0 Å². The van der Waals surface area contributed by atoms with Crippen LogP contribution in [0.2, 0.25) is 0 Å². The Balaban J connectivity index is 1.91. The Morgan fingerprint density at radius 1 is 1.45 bits per heavy atom. The lowest BCUT2D eigenvalue weighted by Crippen LogP contribution is -2.44. The van der Waals surface area contributed by atoms with Gasteiger partial charge in [-0.3, -0.25) is 14.4 Å². The van der Waals surface area contributed by atoms with Crippen LogP contribution in [0.4, 0.5) is 0 Å². The predicted molar refractivity (Wildman–Crippen MR) is 75.2 cm³/mol. The number of aromatic nitrogens is 2. The number of rotatable bonds is 3. The van der Waals surface area contributed by atoms with Crippen molar-refractivity contribution in [1.82, 2.24) is 14.7 Å². The van der Waals surface area contributed by atoms with E-state index in [1.54, 1.807) is 6.20 Å². The molecular formula is C15H23N3O2. The molecule has 2 aliphatic rings. The highest BCUT2D eigenvalue weighted by atomic mass is 16.4. The molecule has 0 aromatic carbocycles. The van der Waals surface area contributed by atoms with Crippen LogP contribution < -0.4 is 0 Å². The van der Waals surface area contributed by atoms with Crippen LogP contribution >= 0.6 is 0 Å². The van der Waals surface area contributed by atoms with E-state index in [1.165, 1.54) is 19.3 Å². The molecule has 1 N–H and O–H groups in total. The average Bonchev–Trinajstić information content (AvgIpc) is 3.01. The van der Waals surface area contributed by atoms with Crippen LogP contribution in [0.25, 0.3) is 0 Å². The first kappa shape index (κ1) is 13.6. The average molecular weight is 277 g/mol. The first-order valence-corrected chi connectivity index (χ1v) is 7.57. The van der Waals surface area contributed by atoms with Crippen molar-refractivity contribution in [2.75, 3.05) is 0 Å². The van der Waals surface area contributed by atoms with Gasteiger partial charge in [-0.05, 0) is 38.2 Å². The minimum Gasteiger partial charge on any atom is -0.480 e. The Labute approximate surface area is 119 Å². The number of carboxylic acids is 1. The van der Waals surface area contributed by atoms with Crippen molar-refractivity contribution in [2.45, 2.75) is 57.2 Å². The maximum absolute atomic E-state index is 11.7. The molecule has 3 rings (SSSR count). The lowest BCUT2D eigenvalue weighted by Gasteiger charge is -2.37. The number of likely N-dealkylation sites (tertiary alicyclic amines) is 1. The second-order valence-electron chi connectivity index (χ2n) is 6.20. The van der Waals surface area contributed by atoms with Crippen LogP contribution in [0.5, 0.6) is 0 Å². The number of nitrogens with zero attached hydrogens (tertiary/aromatic N) is 3. The van der Waals surface area contributed by atoms with E-state index in [-0.39, 0.29) is 12.1 Å². The number of aliphatic carboxylic acids is 1. The highest BCUT2D eigenvalue weighted by Crippen LogP contribution is 2.43. The van der Waals surface area contributed by atoms with Gasteiger partial charge in [0.2, 0.25) is 0 Å². The molecule has 20 heavy (non-hydrogen) atoms. The number of carboxylic acid groups (broad SMARTS) is 1. The fraction of sp³-hybridized carbons (Fsp3) is 0.733. The first-order chi connectivity index (χ1) is 9.59. The van der Waals surface area contributed by atoms with E-state index in [0.717, 1.165) is 18.5 Å². The molecule has 1 saturated heterocycles. The van der Waals surface area contributed by atoms with Gasteiger partial charge in [0.25, 0.3) is 0 Å². The zero-order chi connectivity index (χ0) is 14.3. The zero-order valence-corrected chi connectivity index (χ0v) is 12.2. The fourth-order valence-corrected chi connectivity index (χ4v) is 4.23. The smallest absolute Gasteiger partial charge is 0.320 e. The van der Waals surface area contributed by atoms with Crippen molar-refractivity contribution < 1.29 is 9.90 Å². The summed E-state index contributed by atoms with van der Waals surface area (Å²) in [5.74, 6) is -0.117. The summed E-state index contributed by atoms with van der Waals surface area (Å²) in [5, 5.41) is 13.8. The van der Waals surface area contributed by atoms with Crippen LogP contribution in [0, 0.1) is 5.92 Å². The summed E-state index contributed by atoms with van der Waals surface area (Å²) < 4.78 is 1.86. The Morgan fingerprint density at radius 2 is 2.20 bits per heavy atom. The predicted octanol–water partition coefficient (Wildman–Crippen LogP) is 2.20. The fourth-order valence-electron chi connectivity index (χ4n) is 4.23. The van der Waals surface area contributed by atoms with Crippen LogP contribution in [-0.2, 0) is 11.8 Å². The van der Waals surface area contributed by atoms with Crippen LogP contribution in [0.15, 0.2) is 12.3 Å². The lowest BCUT2D eigenvalue weighted by atomic mass is 9.84. The molecule has 4 atom stereocenters. The highest BCUT2D eigenvalue weighted by Gasteiger charge is 2.47. The molecule has 4 unspecified atom stereocenters. The van der Waals surface area contributed by atoms with E-state index < -0.39 is 5.97 Å². The van der Waals surface area contributed by atoms with E-state index in [4.69, 9.17) is 0 Å². The third kappa shape index (κ3) is 2.14. The second-order valence-corrected chi connectivity index (χ2v) is 6.20. The SMILES string of the molecule is CC(c1ccnn1C)N1C(C(=O)O)CC2CCCCC21. The third-order valence-corrected chi connectivity index (χ3v) is 5.16. The van der Waals surface area contributed by atoms with Crippen LogP contribution in [-0.4, -0.2) is 37.8 Å². The molecule has 0 spiro atoms. The summed E-state index contributed by atoms with van der Waals surface area (Å²) in [6, 6.07) is 2.19. The van der Waals surface area contributed by atoms with Gasteiger partial charge in [0, 0.05) is 19.3 Å². The summed E-state index contributed by atoms with van der Waals surface area (Å²) in [4.78, 5) is 13.9. The zero-order valence-electron chi connectivity index (χ0n) is 12.2. The van der Waals surface area contributed by atoms with Gasteiger partial charge in [-0.2, -0.15) is 5.10 Å². The van der Waals surface area contributed by atoms with Gasteiger partial charge in [-0.1, -0.05) is 12.8 Å². The van der Waals surface area contributed by atoms with Gasteiger partial charge in [-0.15, -0.1) is 0 Å². The monoisotopic (exact) mass is 277 g/mol. The molecule has 1 aromatic rings. The van der Waals surface area contributed by atoms with E-state index in [2.05, 4.69) is 16.9 Å². The van der Waals surface area contributed by atoms with E-state index >= 15 is 0 Å². The summed E-state index contributed by atoms with van der Waals surface area (Å²) in [6.07, 6.45) is 7.39. The summed E-state index contributed by atoms with van der Waals surface area (Å²) in [5.41, 5.74) is 1.10. The summed E-state index contributed by atoms with van der Waals surface area (Å²) >= 11 is 0. The molecule has 2 fully saturated rings. The van der Waals surface area contributed by atoms with Gasteiger partial charge in [0.1, 0.15) is 6.04 Å². The normalized spacial score (nSPS) is 32.0. The largest absolute Gasteiger partial charge is 0.480 e. The molecule has 2 heterocycles. The number of carbonyl (C=O) groups is 1. The molecule has 1 saturated carbocycles. The molecule has 5 nitrogen and oxygen atoms in total. The summed E-state index contributed by atoms with van der Waals surface area (Å²) in [7, 11) is 1.93. The summed E-state index contributed by atoms with van der Waals surface area (Å²) in [6.45, 7) is 2.12. The molecule has 1 aliphatic carbocycles. The maximum Gasteiger partial charge on any atom is 0.320 e. The third-order valence-electron chi connectivity index (χ3n) is 5.16. The maximum atomic E-state index is 11.7. The van der Waals surface area contributed by atoms with Crippen molar-refractivity contribution in [2.24, 2.45) is 13.0 Å². The Hall–Kier alpha value is -1.36. The Morgan fingerprint density at radius 3 is 2.85 bits per heavy atom. The molecule has 1 aromatic heterocycles. The topological polar surface area (TPSA) is 58.4 Å². The van der Waals surface area contributed by atoms with Crippen molar-refractivity contribution in [3.8, 4) is 0 Å². The number of hydrogen-bond acceptors (Lipinski definition) is 3. The second kappa shape index (κ2) is 5.20. The number of fused-ring (bicyclic) bond motifs is 1. The van der Waals surface area contributed by atoms with Crippen LogP contribution in [0.1, 0.15) is 50.8 Å². The Bertz CT molecular complexity index is 499. The number of aryl methyl sites for hydroxylation is 1. The molecule has 0 bridgehead atoms. The van der Waals surface area contributed by atoms with Gasteiger partial charge in [0.15, 0.2) is 0 Å². The van der Waals surface area contributed by atoms with E-state index in [9.17, 15) is 9.90 Å². The standard InChI is InChI=1S/C15H23N3O2/c1-10(12-7-8-16-17(12)2)18-13-6-4-3-5-11(13)9-14(18)15(19)20/h7-8,10-11,13-14H,3-6,9H2,1-2H3,(H,19,20). The number of hydrogen-bond donors (Lipinski definition) is 1.